The van der Waals surface area contributed by atoms with Gasteiger partial charge < -0.3 is 19.1 Å². The Balaban J connectivity index is 0.00000136. The lowest BCUT2D eigenvalue weighted by atomic mass is 10.1. The number of para-hydroxylation sites is 1. The molecule has 0 radical (unpaired) electrons. The van der Waals surface area contributed by atoms with Crippen LogP contribution in [-0.4, -0.2) is 20.1 Å². The number of ether oxygens (including phenoxy) is 3. The molecule has 0 N–H and O–H groups in total. The molecule has 0 saturated heterocycles. The Bertz CT molecular complexity index is 930. The van der Waals surface area contributed by atoms with Crippen molar-refractivity contribution in [3.05, 3.63) is 92.3 Å². The quantitative estimate of drug-likeness (QED) is 0.319. The summed E-state index contributed by atoms with van der Waals surface area (Å²) in [5.41, 5.74) is 2.68. The standard InChI is InChI=1S/C21H19NO4.C2H4/c1-5-21(23)26-20-13-15(10-11-19(20)24-4)22(3)17-12-14(2)25-18-9-7-6-8-16(17)18;1-2/h5-13H,1-2H2,3-4H3;1-2H2. The van der Waals surface area contributed by atoms with Gasteiger partial charge in [-0.2, -0.15) is 0 Å². The number of benzene rings is 2. The molecule has 1 aliphatic rings. The van der Waals surface area contributed by atoms with Gasteiger partial charge in [-0.3, -0.25) is 0 Å². The highest BCUT2D eigenvalue weighted by Crippen LogP contribution is 2.38. The molecule has 0 atom stereocenters. The van der Waals surface area contributed by atoms with Gasteiger partial charge in [0.05, 0.1) is 12.8 Å². The van der Waals surface area contributed by atoms with E-state index in [-0.39, 0.29) is 0 Å². The highest BCUT2D eigenvalue weighted by atomic mass is 16.6. The summed E-state index contributed by atoms with van der Waals surface area (Å²) in [5, 5.41) is 0. The van der Waals surface area contributed by atoms with Gasteiger partial charge in [0.25, 0.3) is 0 Å². The number of rotatable bonds is 5. The van der Waals surface area contributed by atoms with E-state index in [1.165, 1.54) is 7.11 Å². The molecule has 1 heterocycles. The van der Waals surface area contributed by atoms with E-state index in [1.807, 2.05) is 48.4 Å². The molecule has 28 heavy (non-hydrogen) atoms. The highest BCUT2D eigenvalue weighted by molar-refractivity contribution is 5.86. The second kappa shape index (κ2) is 9.28. The van der Waals surface area contributed by atoms with E-state index in [0.29, 0.717) is 17.3 Å². The van der Waals surface area contributed by atoms with Gasteiger partial charge in [-0.25, -0.2) is 4.79 Å². The van der Waals surface area contributed by atoms with Crippen molar-refractivity contribution < 1.29 is 19.0 Å². The molecule has 0 aromatic heterocycles. The lowest BCUT2D eigenvalue weighted by Crippen LogP contribution is -2.19. The summed E-state index contributed by atoms with van der Waals surface area (Å²) in [7, 11) is 3.44. The number of hydrogen-bond donors (Lipinski definition) is 0. The summed E-state index contributed by atoms with van der Waals surface area (Å²) >= 11 is 0. The van der Waals surface area contributed by atoms with E-state index in [1.54, 1.807) is 12.1 Å². The van der Waals surface area contributed by atoms with Gasteiger partial charge in [0.2, 0.25) is 0 Å². The lowest BCUT2D eigenvalue weighted by Gasteiger charge is -2.28. The van der Waals surface area contributed by atoms with E-state index in [2.05, 4.69) is 26.3 Å². The van der Waals surface area contributed by atoms with Crippen molar-refractivity contribution in [1.82, 2.24) is 0 Å². The minimum atomic E-state index is -0.549. The second-order valence-electron chi connectivity index (χ2n) is 5.61. The molecular formula is C23H23NO4. The summed E-state index contributed by atoms with van der Waals surface area (Å²) in [6, 6.07) is 13.1. The van der Waals surface area contributed by atoms with Crippen LogP contribution in [0.15, 0.2) is 86.7 Å². The monoisotopic (exact) mass is 377 g/mol. The van der Waals surface area contributed by atoms with E-state index < -0.39 is 5.97 Å². The van der Waals surface area contributed by atoms with Gasteiger partial charge in [0.1, 0.15) is 11.5 Å². The third-order valence-electron chi connectivity index (χ3n) is 3.97. The molecule has 0 fully saturated rings. The van der Waals surface area contributed by atoms with Crippen molar-refractivity contribution in [3.63, 3.8) is 0 Å². The summed E-state index contributed by atoms with van der Waals surface area (Å²) in [6.07, 6.45) is 2.97. The van der Waals surface area contributed by atoms with Gasteiger partial charge in [-0.05, 0) is 24.3 Å². The van der Waals surface area contributed by atoms with Gasteiger partial charge >= 0.3 is 5.97 Å². The molecule has 0 amide bonds. The molecule has 5 heteroatoms. The fraction of sp³-hybridized carbons (Fsp3) is 0.0870. The zero-order valence-electron chi connectivity index (χ0n) is 16.1. The number of allylic oxidation sites excluding steroid dienone is 1. The molecule has 0 saturated carbocycles. The normalized spacial score (nSPS) is 11.6. The van der Waals surface area contributed by atoms with Gasteiger partial charge in [-0.15, -0.1) is 13.2 Å². The molecule has 144 valence electrons. The molecule has 2 aromatic rings. The van der Waals surface area contributed by atoms with Crippen molar-refractivity contribution >= 4 is 17.4 Å². The van der Waals surface area contributed by atoms with Crippen LogP contribution in [0.2, 0.25) is 0 Å². The molecule has 0 aliphatic carbocycles. The van der Waals surface area contributed by atoms with Crippen LogP contribution < -0.4 is 19.1 Å². The molecule has 5 nitrogen and oxygen atoms in total. The van der Waals surface area contributed by atoms with Crippen LogP contribution in [0.1, 0.15) is 5.56 Å². The van der Waals surface area contributed by atoms with Crippen LogP contribution in [0.4, 0.5) is 5.69 Å². The number of esters is 1. The predicted molar refractivity (Wildman–Crippen MR) is 113 cm³/mol. The maximum Gasteiger partial charge on any atom is 0.335 e. The minimum absolute atomic E-state index is 0.321. The van der Waals surface area contributed by atoms with E-state index in [4.69, 9.17) is 14.2 Å². The predicted octanol–water partition coefficient (Wildman–Crippen LogP) is 4.97. The Morgan fingerprint density at radius 3 is 2.54 bits per heavy atom. The number of hydrogen-bond acceptors (Lipinski definition) is 5. The molecule has 0 bridgehead atoms. The number of carbonyl (C=O) groups is 1. The van der Waals surface area contributed by atoms with Gasteiger partial charge in [0, 0.05) is 36.5 Å². The first-order chi connectivity index (χ1) is 13.5. The maximum atomic E-state index is 11.6. The summed E-state index contributed by atoms with van der Waals surface area (Å²) in [5.74, 6) is 1.53. The van der Waals surface area contributed by atoms with Crippen molar-refractivity contribution in [2.24, 2.45) is 0 Å². The van der Waals surface area contributed by atoms with Gasteiger partial charge in [0.15, 0.2) is 11.5 Å². The summed E-state index contributed by atoms with van der Waals surface area (Å²) in [6.45, 7) is 13.3. The zero-order valence-corrected chi connectivity index (χ0v) is 16.1. The average molecular weight is 377 g/mol. The smallest absolute Gasteiger partial charge is 0.335 e. The number of fused-ring (bicyclic) bond motifs is 1. The molecule has 0 spiro atoms. The lowest BCUT2D eigenvalue weighted by molar-refractivity contribution is -0.129. The van der Waals surface area contributed by atoms with E-state index >= 15 is 0 Å². The third-order valence-corrected chi connectivity index (χ3v) is 3.97. The van der Waals surface area contributed by atoms with Crippen molar-refractivity contribution in [1.29, 1.82) is 0 Å². The zero-order chi connectivity index (χ0) is 20.7. The fourth-order valence-corrected chi connectivity index (χ4v) is 2.69. The fourth-order valence-electron chi connectivity index (χ4n) is 2.69. The largest absolute Gasteiger partial charge is 0.493 e. The van der Waals surface area contributed by atoms with E-state index in [9.17, 15) is 4.79 Å². The number of nitrogens with zero attached hydrogens (tertiary/aromatic N) is 1. The van der Waals surface area contributed by atoms with Crippen LogP contribution in [0.3, 0.4) is 0 Å². The Morgan fingerprint density at radius 2 is 1.86 bits per heavy atom. The molecule has 2 aromatic carbocycles. The first-order valence-corrected chi connectivity index (χ1v) is 8.47. The number of carbonyl (C=O) groups excluding carboxylic acids is 1. The first-order valence-electron chi connectivity index (χ1n) is 8.47. The average Bonchev–Trinajstić information content (AvgIpc) is 2.73. The van der Waals surface area contributed by atoms with Crippen LogP contribution in [0, 0.1) is 0 Å². The van der Waals surface area contributed by atoms with Crippen LogP contribution >= 0.6 is 0 Å². The van der Waals surface area contributed by atoms with Crippen LogP contribution in [0.5, 0.6) is 17.2 Å². The SMILES string of the molecule is C=C.C=CC(=O)Oc1cc(N(C)C2=CC(=C)Oc3ccccc32)ccc1OC. The van der Waals surface area contributed by atoms with Gasteiger partial charge in [-0.1, -0.05) is 25.3 Å². The Labute approximate surface area is 165 Å². The van der Waals surface area contributed by atoms with Crippen molar-refractivity contribution in [2.45, 2.75) is 0 Å². The molecule has 1 aliphatic heterocycles. The maximum absolute atomic E-state index is 11.6. The molecular weight excluding hydrogens is 354 g/mol. The van der Waals surface area contributed by atoms with E-state index in [0.717, 1.165) is 28.8 Å². The van der Waals surface area contributed by atoms with Crippen LogP contribution in [0.25, 0.3) is 5.70 Å². The Morgan fingerprint density at radius 1 is 1.14 bits per heavy atom. The third kappa shape index (κ3) is 4.32. The summed E-state index contributed by atoms with van der Waals surface area (Å²) in [4.78, 5) is 13.6. The second-order valence-corrected chi connectivity index (χ2v) is 5.61. The highest BCUT2D eigenvalue weighted by Gasteiger charge is 2.20. The van der Waals surface area contributed by atoms with Crippen LogP contribution in [-0.2, 0) is 4.79 Å². The topological polar surface area (TPSA) is 48.0 Å². The minimum Gasteiger partial charge on any atom is -0.493 e. The molecule has 3 rings (SSSR count). The number of anilines is 1. The summed E-state index contributed by atoms with van der Waals surface area (Å²) < 4.78 is 16.2. The Hall–Kier alpha value is -3.73. The molecule has 0 unspecified atom stereocenters. The van der Waals surface area contributed by atoms with Crippen molar-refractivity contribution in [2.75, 3.05) is 19.1 Å². The van der Waals surface area contributed by atoms with Crippen molar-refractivity contribution in [3.8, 4) is 17.2 Å². The number of methoxy groups -OCH3 is 1. The first kappa shape index (κ1) is 20.6. The Kier molecular flexibility index (Phi) is 6.82.